The Balaban J connectivity index is 1.99. The first kappa shape index (κ1) is 18.8. The molecule has 1 aliphatic rings. The molecular formula is C15H19N3O7. The summed E-state index contributed by atoms with van der Waals surface area (Å²) in [6.07, 6.45) is -5.05. The molecule has 0 spiro atoms. The standard InChI is InChI=1S/C15H19N3O7/c1-8(20)16-11-13(22)12(21)10(7-19)24-14(11)18-25-15(23)17-9-5-3-2-4-6-9/h2-6,10-11,13-14,18-19,22H,7H2,1H3,(H,16,20)(H,17,23)/t10-,11-,13-,14-/m1/s1. The number of aliphatic hydroxyl groups is 2. The summed E-state index contributed by atoms with van der Waals surface area (Å²) in [7, 11) is 0. The third kappa shape index (κ3) is 4.97. The van der Waals surface area contributed by atoms with Crippen LogP contribution in [0, 0.1) is 0 Å². The fraction of sp³-hybridized carbons (Fsp3) is 0.400. The maximum absolute atomic E-state index is 11.8. The van der Waals surface area contributed by atoms with Crippen LogP contribution in [0.25, 0.3) is 0 Å². The molecule has 1 aliphatic heterocycles. The van der Waals surface area contributed by atoms with E-state index < -0.39 is 48.9 Å². The molecule has 136 valence electrons. The summed E-state index contributed by atoms with van der Waals surface area (Å²) in [5, 5.41) is 23.9. The van der Waals surface area contributed by atoms with Gasteiger partial charge in [0.15, 0.2) is 12.0 Å². The predicted octanol–water partition coefficient (Wildman–Crippen LogP) is -1.11. The van der Waals surface area contributed by atoms with Crippen LogP contribution < -0.4 is 16.1 Å². The van der Waals surface area contributed by atoms with Gasteiger partial charge in [0.2, 0.25) is 5.91 Å². The Bertz CT molecular complexity index is 625. The fourth-order valence-corrected chi connectivity index (χ4v) is 2.26. The van der Waals surface area contributed by atoms with Crippen molar-refractivity contribution >= 4 is 23.5 Å². The van der Waals surface area contributed by atoms with Crippen LogP contribution in [-0.2, 0) is 19.2 Å². The number of carbonyl (C=O) groups excluding carboxylic acids is 3. The van der Waals surface area contributed by atoms with E-state index in [1.807, 2.05) is 0 Å². The maximum atomic E-state index is 11.8. The lowest BCUT2D eigenvalue weighted by Crippen LogP contribution is -2.66. The monoisotopic (exact) mass is 353 g/mol. The van der Waals surface area contributed by atoms with Crippen molar-refractivity contribution in [2.45, 2.75) is 31.4 Å². The van der Waals surface area contributed by atoms with E-state index in [0.717, 1.165) is 0 Å². The van der Waals surface area contributed by atoms with Gasteiger partial charge in [0.25, 0.3) is 0 Å². The zero-order chi connectivity index (χ0) is 18.4. The van der Waals surface area contributed by atoms with Crippen molar-refractivity contribution in [2.75, 3.05) is 11.9 Å². The highest BCUT2D eigenvalue weighted by Crippen LogP contribution is 2.16. The van der Waals surface area contributed by atoms with Gasteiger partial charge in [0.1, 0.15) is 18.2 Å². The van der Waals surface area contributed by atoms with Crippen molar-refractivity contribution in [3.63, 3.8) is 0 Å². The number of carbonyl (C=O) groups is 3. The molecule has 10 nitrogen and oxygen atoms in total. The van der Waals surface area contributed by atoms with E-state index in [-0.39, 0.29) is 0 Å². The van der Waals surface area contributed by atoms with Gasteiger partial charge < -0.3 is 25.1 Å². The zero-order valence-electron chi connectivity index (χ0n) is 13.3. The van der Waals surface area contributed by atoms with E-state index in [4.69, 9.17) is 14.7 Å². The van der Waals surface area contributed by atoms with Crippen molar-refractivity contribution in [1.82, 2.24) is 10.8 Å². The van der Waals surface area contributed by atoms with Gasteiger partial charge in [-0.05, 0) is 12.1 Å². The van der Waals surface area contributed by atoms with Crippen molar-refractivity contribution in [1.29, 1.82) is 0 Å². The molecule has 1 saturated heterocycles. The highest BCUT2D eigenvalue weighted by molar-refractivity contribution is 5.89. The third-order valence-corrected chi connectivity index (χ3v) is 3.41. The molecule has 0 aromatic heterocycles. The Kier molecular flexibility index (Phi) is 6.42. The Morgan fingerprint density at radius 1 is 1.28 bits per heavy atom. The molecule has 1 aromatic rings. The summed E-state index contributed by atoms with van der Waals surface area (Å²) >= 11 is 0. The summed E-state index contributed by atoms with van der Waals surface area (Å²) in [5.74, 6) is -1.31. The number of hydroxylamine groups is 1. The molecule has 5 N–H and O–H groups in total. The quantitative estimate of drug-likeness (QED) is 0.419. The van der Waals surface area contributed by atoms with Crippen LogP contribution in [0.3, 0.4) is 0 Å². The second-order valence-corrected chi connectivity index (χ2v) is 5.30. The van der Waals surface area contributed by atoms with Gasteiger partial charge >= 0.3 is 6.09 Å². The fourth-order valence-electron chi connectivity index (χ4n) is 2.26. The molecule has 0 bridgehead atoms. The Morgan fingerprint density at radius 2 is 1.96 bits per heavy atom. The van der Waals surface area contributed by atoms with E-state index >= 15 is 0 Å². The lowest BCUT2D eigenvalue weighted by Gasteiger charge is -2.37. The second kappa shape index (κ2) is 8.53. The minimum atomic E-state index is -1.63. The van der Waals surface area contributed by atoms with Crippen LogP contribution in [0.1, 0.15) is 6.92 Å². The van der Waals surface area contributed by atoms with Crippen LogP contribution >= 0.6 is 0 Å². The Labute approximate surface area is 143 Å². The molecule has 1 heterocycles. The summed E-state index contributed by atoms with van der Waals surface area (Å²) in [4.78, 5) is 39.6. The maximum Gasteiger partial charge on any atom is 0.430 e. The molecule has 2 rings (SSSR count). The third-order valence-electron chi connectivity index (χ3n) is 3.41. The first-order valence-corrected chi connectivity index (χ1v) is 7.46. The van der Waals surface area contributed by atoms with Gasteiger partial charge in [-0.25, -0.2) is 4.79 Å². The lowest BCUT2D eigenvalue weighted by molar-refractivity contribution is -0.184. The van der Waals surface area contributed by atoms with E-state index in [1.54, 1.807) is 30.3 Å². The normalized spacial score (nSPS) is 26.0. The molecule has 0 unspecified atom stereocenters. The number of amides is 2. The van der Waals surface area contributed by atoms with Crippen LogP contribution in [0.5, 0.6) is 0 Å². The van der Waals surface area contributed by atoms with E-state index in [1.165, 1.54) is 6.92 Å². The van der Waals surface area contributed by atoms with E-state index in [9.17, 15) is 19.5 Å². The average Bonchev–Trinajstić information content (AvgIpc) is 2.59. The lowest BCUT2D eigenvalue weighted by atomic mass is 9.98. The van der Waals surface area contributed by atoms with E-state index in [2.05, 4.69) is 16.1 Å². The number of rotatable bonds is 5. The summed E-state index contributed by atoms with van der Waals surface area (Å²) in [6, 6.07) is 7.29. The highest BCUT2D eigenvalue weighted by Gasteiger charge is 2.45. The topological polar surface area (TPSA) is 146 Å². The van der Waals surface area contributed by atoms with Crippen molar-refractivity contribution in [3.05, 3.63) is 30.3 Å². The number of ether oxygens (including phenoxy) is 1. The van der Waals surface area contributed by atoms with Crippen LogP contribution in [0.2, 0.25) is 0 Å². The van der Waals surface area contributed by atoms with Crippen molar-refractivity contribution in [2.24, 2.45) is 0 Å². The van der Waals surface area contributed by atoms with E-state index in [0.29, 0.717) is 5.69 Å². The minimum absolute atomic E-state index is 0.487. The first-order valence-electron chi connectivity index (χ1n) is 7.46. The van der Waals surface area contributed by atoms with Gasteiger partial charge in [-0.3, -0.25) is 14.9 Å². The highest BCUT2D eigenvalue weighted by atomic mass is 16.7. The molecular weight excluding hydrogens is 334 g/mol. The largest absolute Gasteiger partial charge is 0.430 e. The Hall–Kier alpha value is -2.53. The number of para-hydroxylation sites is 1. The molecule has 4 atom stereocenters. The predicted molar refractivity (Wildman–Crippen MR) is 84.0 cm³/mol. The van der Waals surface area contributed by atoms with Gasteiger partial charge in [-0.15, -0.1) is 5.48 Å². The molecule has 1 fully saturated rings. The van der Waals surface area contributed by atoms with Gasteiger partial charge in [-0.1, -0.05) is 18.2 Å². The zero-order valence-corrected chi connectivity index (χ0v) is 13.3. The molecule has 25 heavy (non-hydrogen) atoms. The molecule has 1 aromatic carbocycles. The average molecular weight is 353 g/mol. The SMILES string of the molecule is CC(=O)N[C@H]1[C@H](NOC(=O)Nc2ccccc2)O[C@H](CO)C(=O)[C@@H]1O. The number of hydrogen-bond acceptors (Lipinski definition) is 8. The smallest absolute Gasteiger partial charge is 0.393 e. The number of hydrogen-bond donors (Lipinski definition) is 5. The van der Waals surface area contributed by atoms with Crippen molar-refractivity contribution in [3.8, 4) is 0 Å². The second-order valence-electron chi connectivity index (χ2n) is 5.30. The molecule has 0 aliphatic carbocycles. The first-order chi connectivity index (χ1) is 11.9. The van der Waals surface area contributed by atoms with Crippen LogP contribution in [0.15, 0.2) is 30.3 Å². The van der Waals surface area contributed by atoms with Gasteiger partial charge in [0, 0.05) is 12.6 Å². The summed E-state index contributed by atoms with van der Waals surface area (Å²) < 4.78 is 5.24. The summed E-state index contributed by atoms with van der Waals surface area (Å²) in [5.41, 5.74) is 2.73. The Morgan fingerprint density at radius 3 is 2.56 bits per heavy atom. The van der Waals surface area contributed by atoms with Crippen LogP contribution in [-0.4, -0.2) is 59.1 Å². The molecule has 10 heteroatoms. The number of aliphatic hydroxyl groups excluding tert-OH is 2. The van der Waals surface area contributed by atoms with Gasteiger partial charge in [-0.2, -0.15) is 0 Å². The minimum Gasteiger partial charge on any atom is -0.393 e. The summed E-state index contributed by atoms with van der Waals surface area (Å²) in [6.45, 7) is 0.520. The number of benzene rings is 1. The molecule has 0 radical (unpaired) electrons. The van der Waals surface area contributed by atoms with Crippen LogP contribution in [0.4, 0.5) is 10.5 Å². The number of anilines is 1. The number of Topliss-reactive ketones (excluding diaryl/α,β-unsaturated/α-hetero) is 1. The van der Waals surface area contributed by atoms with Gasteiger partial charge in [0.05, 0.1) is 6.61 Å². The number of ketones is 1. The molecule has 2 amide bonds. The number of nitrogens with one attached hydrogen (secondary N) is 3. The molecule has 0 saturated carbocycles. The van der Waals surface area contributed by atoms with Crippen molar-refractivity contribution < 1.29 is 34.2 Å².